The van der Waals surface area contributed by atoms with Crippen molar-refractivity contribution >= 4 is 27.7 Å². The summed E-state index contributed by atoms with van der Waals surface area (Å²) < 4.78 is 6.45. The van der Waals surface area contributed by atoms with Gasteiger partial charge in [0.15, 0.2) is 0 Å². The Bertz CT molecular complexity index is 413. The zero-order chi connectivity index (χ0) is 12.5. The summed E-state index contributed by atoms with van der Waals surface area (Å²) in [5.74, 6) is 0.924. The highest BCUT2D eigenvalue weighted by Crippen LogP contribution is 2.46. The van der Waals surface area contributed by atoms with Crippen LogP contribution >= 0.6 is 27.7 Å². The molecule has 0 atom stereocenters. The lowest BCUT2D eigenvalue weighted by Crippen LogP contribution is -2.41. The smallest absolute Gasteiger partial charge is 0.146 e. The molecule has 2 N–H and O–H groups in total. The fourth-order valence-corrected chi connectivity index (χ4v) is 3.82. The van der Waals surface area contributed by atoms with Crippen LogP contribution in [0, 0.1) is 0 Å². The van der Waals surface area contributed by atoms with Gasteiger partial charge in [-0.3, -0.25) is 0 Å². The van der Waals surface area contributed by atoms with Crippen LogP contribution in [0.1, 0.15) is 24.8 Å². The Hall–Kier alpha value is -0.190. The standard InChI is InChI=1S/C13H18BrNOS/c1-16-12-10(14)6-9(7-11(12)17-2)13(8-15)4-3-5-13/h6-7H,3-5,8,15H2,1-2H3. The van der Waals surface area contributed by atoms with Gasteiger partial charge >= 0.3 is 0 Å². The first-order valence-corrected chi connectivity index (χ1v) is 7.81. The van der Waals surface area contributed by atoms with Crippen LogP contribution in [-0.4, -0.2) is 19.9 Å². The fraction of sp³-hybridized carbons (Fsp3) is 0.538. The summed E-state index contributed by atoms with van der Waals surface area (Å²) in [6, 6.07) is 4.41. The predicted octanol–water partition coefficient (Wildman–Crippen LogP) is 3.56. The normalized spacial score (nSPS) is 17.6. The molecule has 0 amide bonds. The van der Waals surface area contributed by atoms with E-state index in [1.807, 2.05) is 0 Å². The zero-order valence-electron chi connectivity index (χ0n) is 10.3. The van der Waals surface area contributed by atoms with Crippen LogP contribution in [0.15, 0.2) is 21.5 Å². The molecule has 0 heterocycles. The highest BCUT2D eigenvalue weighted by Gasteiger charge is 2.38. The van der Waals surface area contributed by atoms with Gasteiger partial charge in [0.1, 0.15) is 5.75 Å². The second kappa shape index (κ2) is 5.21. The van der Waals surface area contributed by atoms with Crippen LogP contribution in [0.25, 0.3) is 0 Å². The van der Waals surface area contributed by atoms with Crippen molar-refractivity contribution in [2.45, 2.75) is 29.6 Å². The number of halogens is 1. The van der Waals surface area contributed by atoms with E-state index in [2.05, 4.69) is 34.3 Å². The van der Waals surface area contributed by atoms with Crippen LogP contribution in [0.4, 0.5) is 0 Å². The molecule has 1 aliphatic carbocycles. The molecule has 0 spiro atoms. The number of methoxy groups -OCH3 is 1. The third kappa shape index (κ3) is 2.23. The van der Waals surface area contributed by atoms with Crippen molar-refractivity contribution in [3.8, 4) is 5.75 Å². The Labute approximate surface area is 115 Å². The maximum Gasteiger partial charge on any atom is 0.146 e. The average Bonchev–Trinajstić information content (AvgIpc) is 2.27. The van der Waals surface area contributed by atoms with Crippen molar-refractivity contribution in [2.24, 2.45) is 5.73 Å². The number of ether oxygens (including phenoxy) is 1. The van der Waals surface area contributed by atoms with Crippen LogP contribution in [0.3, 0.4) is 0 Å². The topological polar surface area (TPSA) is 35.2 Å². The van der Waals surface area contributed by atoms with Crippen LogP contribution in [-0.2, 0) is 5.41 Å². The summed E-state index contributed by atoms with van der Waals surface area (Å²) in [7, 11) is 1.71. The third-order valence-electron chi connectivity index (χ3n) is 3.75. The maximum atomic E-state index is 5.96. The molecule has 1 aliphatic rings. The van der Waals surface area contributed by atoms with Crippen molar-refractivity contribution in [1.29, 1.82) is 0 Å². The van der Waals surface area contributed by atoms with Gasteiger partial charge in [-0.1, -0.05) is 6.42 Å². The van der Waals surface area contributed by atoms with Gasteiger partial charge < -0.3 is 10.5 Å². The molecule has 1 aromatic carbocycles. The lowest BCUT2D eigenvalue weighted by Gasteiger charge is -2.42. The molecule has 0 unspecified atom stereocenters. The monoisotopic (exact) mass is 315 g/mol. The summed E-state index contributed by atoms with van der Waals surface area (Å²) in [4.78, 5) is 1.18. The largest absolute Gasteiger partial charge is 0.494 e. The van der Waals surface area contributed by atoms with E-state index in [1.54, 1.807) is 18.9 Å². The highest BCUT2D eigenvalue weighted by atomic mass is 79.9. The number of benzene rings is 1. The van der Waals surface area contributed by atoms with Crippen molar-refractivity contribution in [2.75, 3.05) is 19.9 Å². The van der Waals surface area contributed by atoms with Crippen molar-refractivity contribution in [1.82, 2.24) is 0 Å². The first-order valence-electron chi connectivity index (χ1n) is 5.79. The molecule has 0 aromatic heterocycles. The molecule has 17 heavy (non-hydrogen) atoms. The summed E-state index contributed by atoms with van der Waals surface area (Å²) in [6.07, 6.45) is 5.77. The highest BCUT2D eigenvalue weighted by molar-refractivity contribution is 9.10. The minimum atomic E-state index is 0.208. The molecule has 1 fully saturated rings. The molecule has 1 aromatic rings. The number of rotatable bonds is 4. The Kier molecular flexibility index (Phi) is 4.06. The molecule has 2 nitrogen and oxygen atoms in total. The Morgan fingerprint density at radius 3 is 2.59 bits per heavy atom. The molecule has 0 bridgehead atoms. The van der Waals surface area contributed by atoms with Crippen molar-refractivity contribution < 1.29 is 4.74 Å². The number of nitrogens with two attached hydrogens (primary N) is 1. The zero-order valence-corrected chi connectivity index (χ0v) is 12.7. The quantitative estimate of drug-likeness (QED) is 0.863. The van der Waals surface area contributed by atoms with Crippen LogP contribution < -0.4 is 10.5 Å². The molecular formula is C13H18BrNOS. The van der Waals surface area contributed by atoms with E-state index in [1.165, 1.54) is 29.7 Å². The Morgan fingerprint density at radius 2 is 2.18 bits per heavy atom. The molecule has 4 heteroatoms. The van der Waals surface area contributed by atoms with E-state index < -0.39 is 0 Å². The molecule has 94 valence electrons. The van der Waals surface area contributed by atoms with Gasteiger partial charge in [0, 0.05) is 12.0 Å². The lowest BCUT2D eigenvalue weighted by molar-refractivity contribution is 0.252. The second-order valence-electron chi connectivity index (χ2n) is 4.53. The van der Waals surface area contributed by atoms with Gasteiger partial charge in [0.2, 0.25) is 0 Å². The first-order chi connectivity index (χ1) is 8.16. The molecule has 1 saturated carbocycles. The Morgan fingerprint density at radius 1 is 1.47 bits per heavy atom. The summed E-state index contributed by atoms with van der Waals surface area (Å²) in [5, 5.41) is 0. The van der Waals surface area contributed by atoms with Crippen molar-refractivity contribution in [3.63, 3.8) is 0 Å². The van der Waals surface area contributed by atoms with Crippen LogP contribution in [0.5, 0.6) is 5.75 Å². The van der Waals surface area contributed by atoms with E-state index in [0.29, 0.717) is 0 Å². The lowest BCUT2D eigenvalue weighted by atomic mass is 9.64. The maximum absolute atomic E-state index is 5.96. The van der Waals surface area contributed by atoms with E-state index in [9.17, 15) is 0 Å². The molecular weight excluding hydrogens is 298 g/mol. The number of thioether (sulfide) groups is 1. The summed E-state index contributed by atoms with van der Waals surface area (Å²) in [6.45, 7) is 0.736. The van der Waals surface area contributed by atoms with Gasteiger partial charge in [0.05, 0.1) is 16.5 Å². The minimum Gasteiger partial charge on any atom is -0.494 e. The van der Waals surface area contributed by atoms with E-state index in [4.69, 9.17) is 10.5 Å². The van der Waals surface area contributed by atoms with E-state index in [-0.39, 0.29) is 5.41 Å². The molecule has 0 radical (unpaired) electrons. The molecule has 2 rings (SSSR count). The van der Waals surface area contributed by atoms with Gasteiger partial charge in [-0.25, -0.2) is 0 Å². The SMILES string of the molecule is COc1c(Br)cc(C2(CN)CCC2)cc1SC. The van der Waals surface area contributed by atoms with Crippen LogP contribution in [0.2, 0.25) is 0 Å². The van der Waals surface area contributed by atoms with Gasteiger partial charge in [-0.15, -0.1) is 11.8 Å². The van der Waals surface area contributed by atoms with Gasteiger partial charge in [-0.2, -0.15) is 0 Å². The third-order valence-corrected chi connectivity index (χ3v) is 5.08. The molecule has 0 aliphatic heterocycles. The fourth-order valence-electron chi connectivity index (χ4n) is 2.44. The number of hydrogen-bond donors (Lipinski definition) is 1. The van der Waals surface area contributed by atoms with E-state index >= 15 is 0 Å². The second-order valence-corrected chi connectivity index (χ2v) is 6.23. The average molecular weight is 316 g/mol. The minimum absolute atomic E-state index is 0.208. The Balaban J connectivity index is 2.46. The molecule has 0 saturated heterocycles. The first kappa shape index (κ1) is 13.2. The van der Waals surface area contributed by atoms with Gasteiger partial charge in [0.25, 0.3) is 0 Å². The predicted molar refractivity (Wildman–Crippen MR) is 77.1 cm³/mol. The van der Waals surface area contributed by atoms with E-state index in [0.717, 1.165) is 16.8 Å². The number of hydrogen-bond acceptors (Lipinski definition) is 3. The van der Waals surface area contributed by atoms with Gasteiger partial charge in [-0.05, 0) is 52.7 Å². The summed E-state index contributed by atoms with van der Waals surface area (Å²) >= 11 is 5.31. The van der Waals surface area contributed by atoms with Crippen molar-refractivity contribution in [3.05, 3.63) is 22.2 Å². The summed E-state index contributed by atoms with van der Waals surface area (Å²) in [5.41, 5.74) is 7.52.